The Morgan fingerprint density at radius 3 is 2.77 bits per heavy atom. The first kappa shape index (κ1) is 13.7. The van der Waals surface area contributed by atoms with Crippen LogP contribution in [-0.4, -0.2) is 31.3 Å². The number of benzene rings is 1. The maximum absolute atomic E-state index is 11.8. The third-order valence-electron chi connectivity index (χ3n) is 2.82. The van der Waals surface area contributed by atoms with E-state index >= 15 is 0 Å². The summed E-state index contributed by atoms with van der Waals surface area (Å²) in [7, 11) is 1.72. The van der Waals surface area contributed by atoms with Gasteiger partial charge in [0, 0.05) is 18.8 Å². The Balaban J connectivity index is 1.73. The predicted molar refractivity (Wildman–Crippen MR) is 78.1 cm³/mol. The first-order valence-corrected chi connectivity index (χ1v) is 6.44. The molecule has 110 valence electrons. The third-order valence-corrected chi connectivity index (χ3v) is 2.82. The summed E-state index contributed by atoms with van der Waals surface area (Å²) >= 11 is 0. The normalized spacial score (nSPS) is 10.2. The zero-order valence-electron chi connectivity index (χ0n) is 11.7. The molecule has 0 saturated heterocycles. The number of carbonyl (C=O) groups excluding carboxylic acids is 1. The Labute approximate surface area is 125 Å². The first-order valence-electron chi connectivity index (χ1n) is 6.44. The van der Waals surface area contributed by atoms with Crippen LogP contribution in [0, 0.1) is 0 Å². The molecule has 2 heterocycles. The van der Waals surface area contributed by atoms with E-state index in [4.69, 9.17) is 4.74 Å². The molecule has 1 aromatic carbocycles. The van der Waals surface area contributed by atoms with E-state index in [9.17, 15) is 4.79 Å². The molecule has 0 spiro atoms. The number of rotatable bonds is 3. The number of pyridine rings is 1. The molecule has 2 aromatic heterocycles. The second-order valence-electron chi connectivity index (χ2n) is 4.42. The molecule has 3 rings (SSSR count). The lowest BCUT2D eigenvalue weighted by atomic mass is 10.2. The van der Waals surface area contributed by atoms with E-state index in [1.54, 1.807) is 43.6 Å². The number of tetrazole rings is 1. The topological polar surface area (TPSA) is 94.8 Å². The van der Waals surface area contributed by atoms with E-state index in [1.165, 1.54) is 10.9 Å². The number of anilines is 1. The summed E-state index contributed by atoms with van der Waals surface area (Å²) in [6.07, 6.45) is 2.53. The van der Waals surface area contributed by atoms with Gasteiger partial charge in [-0.05, 0) is 28.6 Å². The fourth-order valence-electron chi connectivity index (χ4n) is 1.84. The summed E-state index contributed by atoms with van der Waals surface area (Å²) in [5.74, 6) is 1.01. The Morgan fingerprint density at radius 2 is 2.05 bits per heavy atom. The zero-order chi connectivity index (χ0) is 15.4. The smallest absolute Gasteiger partial charge is 0.410 e. The highest BCUT2D eigenvalue weighted by molar-refractivity contribution is 5.86. The van der Waals surface area contributed by atoms with Crippen molar-refractivity contribution in [2.45, 2.75) is 0 Å². The van der Waals surface area contributed by atoms with Crippen molar-refractivity contribution in [2.24, 2.45) is 7.05 Å². The van der Waals surface area contributed by atoms with Crippen molar-refractivity contribution in [1.82, 2.24) is 25.2 Å². The molecule has 22 heavy (non-hydrogen) atoms. The minimum atomic E-state index is -0.596. The van der Waals surface area contributed by atoms with Crippen LogP contribution in [0.1, 0.15) is 0 Å². The van der Waals surface area contributed by atoms with Gasteiger partial charge in [-0.1, -0.05) is 18.2 Å². The number of carbonyl (C=O) groups is 1. The molecule has 0 bridgehead atoms. The van der Waals surface area contributed by atoms with Crippen LogP contribution in [0.2, 0.25) is 0 Å². The average Bonchev–Trinajstić information content (AvgIpc) is 2.94. The highest BCUT2D eigenvalue weighted by Gasteiger charge is 2.09. The van der Waals surface area contributed by atoms with Crippen LogP contribution in [0.4, 0.5) is 10.5 Å². The summed E-state index contributed by atoms with van der Waals surface area (Å²) in [6.45, 7) is 0. The largest absolute Gasteiger partial charge is 0.417 e. The predicted octanol–water partition coefficient (Wildman–Crippen LogP) is 1.88. The van der Waals surface area contributed by atoms with Gasteiger partial charge < -0.3 is 4.74 Å². The van der Waals surface area contributed by atoms with Crippen LogP contribution < -0.4 is 10.1 Å². The van der Waals surface area contributed by atoms with Crippen molar-refractivity contribution in [3.63, 3.8) is 0 Å². The third kappa shape index (κ3) is 3.06. The maximum atomic E-state index is 11.8. The molecule has 8 nitrogen and oxygen atoms in total. The molecule has 1 amide bonds. The molecule has 3 aromatic rings. The number of nitrogens with zero attached hydrogens (tertiary/aromatic N) is 5. The van der Waals surface area contributed by atoms with Gasteiger partial charge in [-0.3, -0.25) is 10.3 Å². The van der Waals surface area contributed by atoms with E-state index in [0.717, 1.165) is 0 Å². The van der Waals surface area contributed by atoms with E-state index in [-0.39, 0.29) is 0 Å². The van der Waals surface area contributed by atoms with Gasteiger partial charge in [0.05, 0.1) is 11.9 Å². The van der Waals surface area contributed by atoms with Crippen molar-refractivity contribution in [3.05, 3.63) is 48.8 Å². The summed E-state index contributed by atoms with van der Waals surface area (Å²) in [5.41, 5.74) is 1.17. The van der Waals surface area contributed by atoms with E-state index in [2.05, 4.69) is 25.8 Å². The SMILES string of the molecule is Cn1nnnc1-c1cncc(NC(=O)Oc2ccccc2)c1. The van der Waals surface area contributed by atoms with Crippen LogP contribution in [0.5, 0.6) is 5.75 Å². The van der Waals surface area contributed by atoms with Gasteiger partial charge >= 0.3 is 6.09 Å². The van der Waals surface area contributed by atoms with E-state index < -0.39 is 6.09 Å². The number of para-hydroxylation sites is 1. The molecule has 0 aliphatic heterocycles. The number of aromatic nitrogens is 5. The summed E-state index contributed by atoms with van der Waals surface area (Å²) < 4.78 is 6.67. The molecular formula is C14H12N6O2. The van der Waals surface area contributed by atoms with E-state index in [1.807, 2.05) is 6.07 Å². The molecule has 1 N–H and O–H groups in total. The van der Waals surface area contributed by atoms with Crippen LogP contribution in [0.3, 0.4) is 0 Å². The van der Waals surface area contributed by atoms with Crippen LogP contribution >= 0.6 is 0 Å². The summed E-state index contributed by atoms with van der Waals surface area (Å²) in [6, 6.07) is 10.5. The molecule has 0 atom stereocenters. The Bertz CT molecular complexity index is 787. The molecule has 8 heteroatoms. The standard InChI is InChI=1S/C14H12N6O2/c1-20-13(17-18-19-20)10-7-11(9-15-8-10)16-14(21)22-12-5-3-2-4-6-12/h2-9H,1H3,(H,16,21). The Hall–Kier alpha value is -3.29. The van der Waals surface area contributed by atoms with Crippen molar-refractivity contribution in [1.29, 1.82) is 0 Å². The summed E-state index contributed by atoms with van der Waals surface area (Å²) in [5, 5.41) is 13.8. The fourth-order valence-corrected chi connectivity index (χ4v) is 1.84. The molecule has 0 fully saturated rings. The fraction of sp³-hybridized carbons (Fsp3) is 0.0714. The molecule has 0 saturated carbocycles. The lowest BCUT2D eigenvalue weighted by molar-refractivity contribution is 0.215. The zero-order valence-corrected chi connectivity index (χ0v) is 11.7. The van der Waals surface area contributed by atoms with Gasteiger partial charge in [-0.2, -0.15) is 0 Å². The van der Waals surface area contributed by atoms with Crippen molar-refractivity contribution in [3.8, 4) is 17.1 Å². The number of ether oxygens (including phenoxy) is 1. The quantitative estimate of drug-likeness (QED) is 0.793. The molecule has 0 aliphatic rings. The monoisotopic (exact) mass is 296 g/mol. The van der Waals surface area contributed by atoms with Gasteiger partial charge in [0.1, 0.15) is 5.75 Å². The van der Waals surface area contributed by atoms with Gasteiger partial charge in [-0.25, -0.2) is 9.48 Å². The van der Waals surface area contributed by atoms with Crippen molar-refractivity contribution < 1.29 is 9.53 Å². The molecule has 0 unspecified atom stereocenters. The molecule has 0 aliphatic carbocycles. The van der Waals surface area contributed by atoms with E-state index in [0.29, 0.717) is 22.8 Å². The lowest BCUT2D eigenvalue weighted by Gasteiger charge is -2.07. The van der Waals surface area contributed by atoms with Crippen molar-refractivity contribution in [2.75, 3.05) is 5.32 Å². The molecule has 0 radical (unpaired) electrons. The number of amides is 1. The second-order valence-corrected chi connectivity index (χ2v) is 4.42. The minimum absolute atomic E-state index is 0.460. The van der Waals surface area contributed by atoms with Gasteiger partial charge in [0.2, 0.25) is 0 Å². The molecular weight excluding hydrogens is 284 g/mol. The first-order chi connectivity index (χ1) is 10.7. The number of aryl methyl sites for hydroxylation is 1. The Morgan fingerprint density at radius 1 is 1.23 bits per heavy atom. The average molecular weight is 296 g/mol. The van der Waals surface area contributed by atoms with Gasteiger partial charge in [0.15, 0.2) is 5.82 Å². The minimum Gasteiger partial charge on any atom is -0.410 e. The Kier molecular flexibility index (Phi) is 3.73. The highest BCUT2D eigenvalue weighted by atomic mass is 16.6. The number of nitrogens with one attached hydrogen (secondary N) is 1. The van der Waals surface area contributed by atoms with Crippen molar-refractivity contribution >= 4 is 11.8 Å². The number of hydrogen-bond acceptors (Lipinski definition) is 6. The highest BCUT2D eigenvalue weighted by Crippen LogP contribution is 2.18. The van der Waals surface area contributed by atoms with Gasteiger partial charge in [-0.15, -0.1) is 5.10 Å². The number of hydrogen-bond donors (Lipinski definition) is 1. The lowest BCUT2D eigenvalue weighted by Crippen LogP contribution is -2.16. The van der Waals surface area contributed by atoms with Crippen LogP contribution in [0.15, 0.2) is 48.8 Å². The summed E-state index contributed by atoms with van der Waals surface area (Å²) in [4.78, 5) is 15.9. The van der Waals surface area contributed by atoms with Crippen LogP contribution in [0.25, 0.3) is 11.4 Å². The van der Waals surface area contributed by atoms with Gasteiger partial charge in [0.25, 0.3) is 0 Å². The second kappa shape index (κ2) is 6.00. The maximum Gasteiger partial charge on any atom is 0.417 e. The van der Waals surface area contributed by atoms with Crippen LogP contribution in [-0.2, 0) is 7.05 Å².